The maximum absolute atomic E-state index is 9.24. The van der Waals surface area contributed by atoms with E-state index in [1.807, 2.05) is 49.0 Å². The molecule has 0 radical (unpaired) electrons. The fourth-order valence-corrected chi connectivity index (χ4v) is 1.83. The molecule has 4 heteroatoms. The lowest BCUT2D eigenvalue weighted by atomic mass is 10.3. The molecule has 0 saturated carbocycles. The lowest BCUT2D eigenvalue weighted by Gasteiger charge is -2.15. The van der Waals surface area contributed by atoms with E-state index in [0.717, 1.165) is 30.9 Å². The van der Waals surface area contributed by atoms with Gasteiger partial charge in [-0.2, -0.15) is 0 Å². The summed E-state index contributed by atoms with van der Waals surface area (Å²) in [4.78, 5) is 6.71. The van der Waals surface area contributed by atoms with Crippen LogP contribution in [0.3, 0.4) is 0 Å². The monoisotopic (exact) mass is 233 g/mol. The van der Waals surface area contributed by atoms with Crippen LogP contribution in [0.25, 0.3) is 5.65 Å². The van der Waals surface area contributed by atoms with Gasteiger partial charge in [0.1, 0.15) is 5.65 Å². The van der Waals surface area contributed by atoms with Gasteiger partial charge in [-0.1, -0.05) is 6.07 Å². The molecule has 0 aliphatic heterocycles. The fourth-order valence-electron chi connectivity index (χ4n) is 1.83. The minimum Gasteiger partial charge on any atom is -0.393 e. The Kier molecular flexibility index (Phi) is 3.76. The summed E-state index contributed by atoms with van der Waals surface area (Å²) in [6, 6.07) is 5.98. The van der Waals surface area contributed by atoms with Crippen LogP contribution in [0.1, 0.15) is 19.0 Å². The highest BCUT2D eigenvalue weighted by Gasteiger charge is 2.05. The third-order valence-electron chi connectivity index (χ3n) is 2.77. The Morgan fingerprint density at radius 3 is 3.00 bits per heavy atom. The Balaban J connectivity index is 1.98. The van der Waals surface area contributed by atoms with Crippen molar-refractivity contribution in [1.82, 2.24) is 14.3 Å². The van der Waals surface area contributed by atoms with E-state index in [2.05, 4.69) is 9.88 Å². The molecule has 0 aliphatic rings. The molecule has 0 amide bonds. The summed E-state index contributed by atoms with van der Waals surface area (Å²) in [5.41, 5.74) is 2.04. The third kappa shape index (κ3) is 3.28. The van der Waals surface area contributed by atoms with Crippen LogP contribution in [0.2, 0.25) is 0 Å². The summed E-state index contributed by atoms with van der Waals surface area (Å²) in [6.45, 7) is 3.51. The van der Waals surface area contributed by atoms with Gasteiger partial charge in [-0.05, 0) is 32.5 Å². The molecule has 0 bridgehead atoms. The van der Waals surface area contributed by atoms with Crippen LogP contribution in [0.4, 0.5) is 0 Å². The Hall–Kier alpha value is -1.39. The molecule has 2 heterocycles. The van der Waals surface area contributed by atoms with Crippen LogP contribution >= 0.6 is 0 Å². The summed E-state index contributed by atoms with van der Waals surface area (Å²) in [7, 11) is 2.05. The van der Waals surface area contributed by atoms with Gasteiger partial charge in [-0.15, -0.1) is 0 Å². The first-order valence-corrected chi connectivity index (χ1v) is 5.94. The van der Waals surface area contributed by atoms with E-state index in [9.17, 15) is 5.11 Å². The Labute approximate surface area is 102 Å². The molecule has 2 rings (SSSR count). The molecule has 92 valence electrons. The average molecular weight is 233 g/mol. The van der Waals surface area contributed by atoms with Crippen molar-refractivity contribution < 1.29 is 5.11 Å². The molecular formula is C13H19N3O. The van der Waals surface area contributed by atoms with E-state index in [0.29, 0.717) is 0 Å². The van der Waals surface area contributed by atoms with E-state index < -0.39 is 0 Å². The molecule has 17 heavy (non-hydrogen) atoms. The fraction of sp³-hybridized carbons (Fsp3) is 0.462. The molecule has 2 aromatic rings. The highest BCUT2D eigenvalue weighted by Crippen LogP contribution is 2.07. The molecular weight excluding hydrogens is 214 g/mol. The molecule has 2 aromatic heterocycles. The van der Waals surface area contributed by atoms with Crippen molar-refractivity contribution in [2.75, 3.05) is 13.6 Å². The number of aromatic nitrogens is 2. The van der Waals surface area contributed by atoms with Crippen molar-refractivity contribution in [2.24, 2.45) is 0 Å². The van der Waals surface area contributed by atoms with E-state index in [1.54, 1.807) is 0 Å². The number of nitrogens with zero attached hydrogens (tertiary/aromatic N) is 3. The zero-order valence-electron chi connectivity index (χ0n) is 10.4. The van der Waals surface area contributed by atoms with Crippen LogP contribution in [-0.2, 0) is 6.54 Å². The molecule has 0 fully saturated rings. The maximum atomic E-state index is 9.24. The van der Waals surface area contributed by atoms with Gasteiger partial charge >= 0.3 is 0 Å². The van der Waals surface area contributed by atoms with Crippen molar-refractivity contribution in [3.05, 3.63) is 36.3 Å². The van der Waals surface area contributed by atoms with Crippen LogP contribution < -0.4 is 0 Å². The normalized spacial score (nSPS) is 13.4. The second-order valence-electron chi connectivity index (χ2n) is 4.57. The largest absolute Gasteiger partial charge is 0.393 e. The quantitative estimate of drug-likeness (QED) is 0.851. The Bertz CT molecular complexity index is 445. The van der Waals surface area contributed by atoms with Crippen molar-refractivity contribution in [3.8, 4) is 0 Å². The summed E-state index contributed by atoms with van der Waals surface area (Å²) in [5, 5.41) is 9.24. The van der Waals surface area contributed by atoms with Gasteiger partial charge < -0.3 is 14.4 Å². The molecule has 0 aromatic carbocycles. The summed E-state index contributed by atoms with van der Waals surface area (Å²) in [5.74, 6) is 0. The van der Waals surface area contributed by atoms with Gasteiger partial charge in [0.15, 0.2) is 0 Å². The molecule has 0 aliphatic carbocycles. The van der Waals surface area contributed by atoms with E-state index in [1.165, 1.54) is 0 Å². The molecule has 0 saturated heterocycles. The number of rotatable bonds is 5. The van der Waals surface area contributed by atoms with E-state index >= 15 is 0 Å². The van der Waals surface area contributed by atoms with E-state index in [4.69, 9.17) is 0 Å². The minimum absolute atomic E-state index is 0.237. The first-order chi connectivity index (χ1) is 8.15. The van der Waals surface area contributed by atoms with Crippen molar-refractivity contribution in [3.63, 3.8) is 0 Å². The average Bonchev–Trinajstić information content (AvgIpc) is 2.68. The standard InChI is InChI=1S/C13H19N3O/c1-11(17)6-8-15(2)9-12-10-16-7-4-3-5-13(16)14-12/h3-5,7,10-11,17H,6,8-9H2,1-2H3. The zero-order chi connectivity index (χ0) is 12.3. The molecule has 1 atom stereocenters. The van der Waals surface area contributed by atoms with Gasteiger partial charge in [-0.3, -0.25) is 0 Å². The number of hydrogen-bond acceptors (Lipinski definition) is 3. The van der Waals surface area contributed by atoms with Gasteiger partial charge in [0.2, 0.25) is 0 Å². The molecule has 1 unspecified atom stereocenters. The van der Waals surface area contributed by atoms with Gasteiger partial charge in [-0.25, -0.2) is 4.98 Å². The molecule has 4 nitrogen and oxygen atoms in total. The number of imidazole rings is 1. The van der Waals surface area contributed by atoms with Crippen molar-refractivity contribution in [2.45, 2.75) is 26.0 Å². The summed E-state index contributed by atoms with van der Waals surface area (Å²) in [6.07, 6.45) is 4.61. The van der Waals surface area contributed by atoms with Gasteiger partial charge in [0.25, 0.3) is 0 Å². The van der Waals surface area contributed by atoms with Crippen LogP contribution in [-0.4, -0.2) is 39.1 Å². The number of aliphatic hydroxyl groups is 1. The second-order valence-corrected chi connectivity index (χ2v) is 4.57. The zero-order valence-corrected chi connectivity index (χ0v) is 10.4. The number of pyridine rings is 1. The number of aliphatic hydroxyl groups excluding tert-OH is 1. The maximum Gasteiger partial charge on any atom is 0.137 e. The summed E-state index contributed by atoms with van der Waals surface area (Å²) >= 11 is 0. The SMILES string of the molecule is CC(O)CCN(C)Cc1cn2ccccc2n1. The van der Waals surface area contributed by atoms with Crippen molar-refractivity contribution >= 4 is 5.65 Å². The molecule has 0 spiro atoms. The molecule has 1 N–H and O–H groups in total. The van der Waals surface area contributed by atoms with Gasteiger partial charge in [0.05, 0.1) is 11.8 Å². The first kappa shape index (κ1) is 12.1. The number of fused-ring (bicyclic) bond motifs is 1. The Morgan fingerprint density at radius 1 is 1.47 bits per heavy atom. The topological polar surface area (TPSA) is 40.8 Å². The predicted molar refractivity (Wildman–Crippen MR) is 67.8 cm³/mol. The Morgan fingerprint density at radius 2 is 2.29 bits per heavy atom. The van der Waals surface area contributed by atoms with Gasteiger partial charge in [0, 0.05) is 25.5 Å². The van der Waals surface area contributed by atoms with Crippen molar-refractivity contribution in [1.29, 1.82) is 0 Å². The smallest absolute Gasteiger partial charge is 0.137 e. The second kappa shape index (κ2) is 5.29. The van der Waals surface area contributed by atoms with Crippen LogP contribution in [0, 0.1) is 0 Å². The minimum atomic E-state index is -0.237. The lowest BCUT2D eigenvalue weighted by Crippen LogP contribution is -2.22. The van der Waals surface area contributed by atoms with E-state index in [-0.39, 0.29) is 6.10 Å². The summed E-state index contributed by atoms with van der Waals surface area (Å²) < 4.78 is 2.03. The predicted octanol–water partition coefficient (Wildman–Crippen LogP) is 1.54. The van der Waals surface area contributed by atoms with Crippen LogP contribution in [0.15, 0.2) is 30.6 Å². The highest BCUT2D eigenvalue weighted by molar-refractivity contribution is 5.39. The number of hydrogen-bond donors (Lipinski definition) is 1. The highest BCUT2D eigenvalue weighted by atomic mass is 16.3. The first-order valence-electron chi connectivity index (χ1n) is 5.94. The lowest BCUT2D eigenvalue weighted by molar-refractivity contribution is 0.162. The van der Waals surface area contributed by atoms with Crippen LogP contribution in [0.5, 0.6) is 0 Å². The third-order valence-corrected chi connectivity index (χ3v) is 2.77.